The maximum atomic E-state index is 8.27. The van der Waals surface area contributed by atoms with E-state index in [1.54, 1.807) is 24.3 Å². The normalized spacial score (nSPS) is 10.0. The lowest BCUT2D eigenvalue weighted by Gasteiger charge is -1.96. The maximum Gasteiger partial charge on any atom is 0.0912 e. The van der Waals surface area contributed by atoms with Gasteiger partial charge in [-0.2, -0.15) is 5.26 Å². The average molecular weight is 179 g/mol. The van der Waals surface area contributed by atoms with Gasteiger partial charge in [0, 0.05) is 16.8 Å². The third kappa shape index (κ3) is 2.30. The standard InChI is InChI=1S/C9H7ClN2/c10-8-4-7(2-1-3-11)5-9(12)6-8/h1-2,4-6H,12H2. The molecule has 0 spiro atoms. The van der Waals surface area contributed by atoms with Gasteiger partial charge < -0.3 is 5.73 Å². The fourth-order valence-electron chi connectivity index (χ4n) is 0.866. The molecule has 0 aromatic heterocycles. The summed E-state index contributed by atoms with van der Waals surface area (Å²) in [6, 6.07) is 7.04. The molecule has 0 heterocycles. The first kappa shape index (κ1) is 8.63. The van der Waals surface area contributed by atoms with E-state index >= 15 is 0 Å². The Balaban J connectivity index is 3.03. The van der Waals surface area contributed by atoms with Crippen molar-refractivity contribution in [1.29, 1.82) is 5.26 Å². The summed E-state index contributed by atoms with van der Waals surface area (Å²) in [6.45, 7) is 0. The van der Waals surface area contributed by atoms with E-state index < -0.39 is 0 Å². The maximum absolute atomic E-state index is 8.27. The number of hydrogen-bond donors (Lipinski definition) is 1. The molecule has 2 nitrogen and oxygen atoms in total. The van der Waals surface area contributed by atoms with E-state index in [1.165, 1.54) is 6.08 Å². The molecule has 0 fully saturated rings. The molecule has 0 radical (unpaired) electrons. The number of nitriles is 1. The number of benzene rings is 1. The molecule has 0 saturated carbocycles. The zero-order chi connectivity index (χ0) is 8.97. The smallest absolute Gasteiger partial charge is 0.0912 e. The number of allylic oxidation sites excluding steroid dienone is 1. The molecular formula is C9H7ClN2. The van der Waals surface area contributed by atoms with Crippen LogP contribution in [0, 0.1) is 11.3 Å². The van der Waals surface area contributed by atoms with Crippen LogP contribution in [-0.2, 0) is 0 Å². The highest BCUT2D eigenvalue weighted by Crippen LogP contribution is 2.17. The van der Waals surface area contributed by atoms with Crippen LogP contribution < -0.4 is 5.73 Å². The SMILES string of the molecule is N#CC=Cc1cc(N)cc(Cl)c1. The molecule has 0 aliphatic rings. The molecule has 0 saturated heterocycles. The highest BCUT2D eigenvalue weighted by atomic mass is 35.5. The Morgan fingerprint density at radius 2 is 2.17 bits per heavy atom. The van der Waals surface area contributed by atoms with E-state index in [0.717, 1.165) is 5.56 Å². The van der Waals surface area contributed by atoms with E-state index in [9.17, 15) is 0 Å². The third-order valence-electron chi connectivity index (χ3n) is 1.29. The van der Waals surface area contributed by atoms with Crippen LogP contribution in [0.2, 0.25) is 5.02 Å². The predicted octanol–water partition coefficient (Wildman–Crippen LogP) is 2.46. The first-order valence-electron chi connectivity index (χ1n) is 3.34. The molecule has 12 heavy (non-hydrogen) atoms. The summed E-state index contributed by atoms with van der Waals surface area (Å²) in [4.78, 5) is 0. The predicted molar refractivity (Wildman–Crippen MR) is 50.5 cm³/mol. The lowest BCUT2D eigenvalue weighted by Crippen LogP contribution is -1.84. The number of nitrogen functional groups attached to an aromatic ring is 1. The van der Waals surface area contributed by atoms with E-state index in [-0.39, 0.29) is 0 Å². The van der Waals surface area contributed by atoms with Crippen LogP contribution in [0.1, 0.15) is 5.56 Å². The van der Waals surface area contributed by atoms with Crippen molar-refractivity contribution in [3.63, 3.8) is 0 Å². The largest absolute Gasteiger partial charge is 0.399 e. The highest BCUT2D eigenvalue weighted by molar-refractivity contribution is 6.31. The summed E-state index contributed by atoms with van der Waals surface area (Å²) < 4.78 is 0. The summed E-state index contributed by atoms with van der Waals surface area (Å²) in [5, 5.41) is 8.84. The first-order chi connectivity index (χ1) is 5.72. The van der Waals surface area contributed by atoms with Crippen LogP contribution in [0.5, 0.6) is 0 Å². The number of halogens is 1. The zero-order valence-corrected chi connectivity index (χ0v) is 7.05. The van der Waals surface area contributed by atoms with Gasteiger partial charge in [0.1, 0.15) is 0 Å². The summed E-state index contributed by atoms with van der Waals surface area (Å²) in [7, 11) is 0. The minimum Gasteiger partial charge on any atom is -0.399 e. The van der Waals surface area contributed by atoms with Crippen molar-refractivity contribution in [3.05, 3.63) is 34.9 Å². The third-order valence-corrected chi connectivity index (χ3v) is 1.51. The Morgan fingerprint density at radius 1 is 1.42 bits per heavy atom. The van der Waals surface area contributed by atoms with Crippen LogP contribution >= 0.6 is 11.6 Å². The van der Waals surface area contributed by atoms with Gasteiger partial charge in [-0.3, -0.25) is 0 Å². The van der Waals surface area contributed by atoms with Gasteiger partial charge in [-0.1, -0.05) is 11.6 Å². The number of nitrogens with zero attached hydrogens (tertiary/aromatic N) is 1. The first-order valence-corrected chi connectivity index (χ1v) is 3.72. The Morgan fingerprint density at radius 3 is 2.75 bits per heavy atom. The van der Waals surface area contributed by atoms with E-state index in [4.69, 9.17) is 22.6 Å². The molecule has 0 amide bonds. The van der Waals surface area contributed by atoms with Gasteiger partial charge in [0.15, 0.2) is 0 Å². The van der Waals surface area contributed by atoms with Crippen LogP contribution in [0.3, 0.4) is 0 Å². The molecular weight excluding hydrogens is 172 g/mol. The molecule has 0 aliphatic carbocycles. The zero-order valence-electron chi connectivity index (χ0n) is 6.29. The van der Waals surface area contributed by atoms with Crippen molar-refractivity contribution < 1.29 is 0 Å². The molecule has 0 aliphatic heterocycles. The lowest BCUT2D eigenvalue weighted by atomic mass is 10.2. The second kappa shape index (κ2) is 3.80. The quantitative estimate of drug-likeness (QED) is 0.531. The van der Waals surface area contributed by atoms with Crippen LogP contribution in [0.25, 0.3) is 6.08 Å². The van der Waals surface area contributed by atoms with E-state index in [2.05, 4.69) is 0 Å². The van der Waals surface area contributed by atoms with Crippen LogP contribution in [0.15, 0.2) is 24.3 Å². The second-order valence-electron chi connectivity index (χ2n) is 2.28. The van der Waals surface area contributed by atoms with Crippen LogP contribution in [0.4, 0.5) is 5.69 Å². The fraction of sp³-hybridized carbons (Fsp3) is 0. The highest BCUT2D eigenvalue weighted by Gasteiger charge is 1.92. The molecule has 2 N–H and O–H groups in total. The number of hydrogen-bond acceptors (Lipinski definition) is 2. The summed E-state index contributed by atoms with van der Waals surface area (Å²) in [5.74, 6) is 0. The monoisotopic (exact) mass is 178 g/mol. The molecule has 1 aromatic rings. The number of nitrogens with two attached hydrogens (primary N) is 1. The molecule has 60 valence electrons. The Hall–Kier alpha value is -1.46. The average Bonchev–Trinajstić information content (AvgIpc) is 1.99. The van der Waals surface area contributed by atoms with E-state index in [0.29, 0.717) is 10.7 Å². The van der Waals surface area contributed by atoms with Gasteiger partial charge in [0.2, 0.25) is 0 Å². The van der Waals surface area contributed by atoms with Crippen molar-refractivity contribution in [2.24, 2.45) is 0 Å². The minimum atomic E-state index is 0.576. The van der Waals surface area contributed by atoms with Gasteiger partial charge >= 0.3 is 0 Å². The van der Waals surface area contributed by atoms with E-state index in [1.807, 2.05) is 6.07 Å². The summed E-state index contributed by atoms with van der Waals surface area (Å²) in [5.41, 5.74) is 6.96. The lowest BCUT2D eigenvalue weighted by molar-refractivity contribution is 1.53. The Kier molecular flexibility index (Phi) is 2.73. The Labute approximate surface area is 75.9 Å². The number of rotatable bonds is 1. The van der Waals surface area contributed by atoms with Crippen molar-refractivity contribution >= 4 is 23.4 Å². The van der Waals surface area contributed by atoms with Gasteiger partial charge in [-0.15, -0.1) is 0 Å². The Bertz CT molecular complexity index is 330. The van der Waals surface area contributed by atoms with Gasteiger partial charge in [-0.25, -0.2) is 0 Å². The second-order valence-corrected chi connectivity index (χ2v) is 2.72. The van der Waals surface area contributed by atoms with Crippen molar-refractivity contribution in [2.45, 2.75) is 0 Å². The fourth-order valence-corrected chi connectivity index (χ4v) is 1.12. The summed E-state index contributed by atoms with van der Waals surface area (Å²) in [6.07, 6.45) is 3.04. The molecule has 0 bridgehead atoms. The molecule has 1 aromatic carbocycles. The van der Waals surface area contributed by atoms with Gasteiger partial charge in [0.25, 0.3) is 0 Å². The molecule has 0 unspecified atom stereocenters. The summed E-state index contributed by atoms with van der Waals surface area (Å²) >= 11 is 5.73. The molecule has 3 heteroatoms. The van der Waals surface area contributed by atoms with Crippen molar-refractivity contribution in [1.82, 2.24) is 0 Å². The molecule has 1 rings (SSSR count). The van der Waals surface area contributed by atoms with Crippen LogP contribution in [-0.4, -0.2) is 0 Å². The topological polar surface area (TPSA) is 49.8 Å². The minimum absolute atomic E-state index is 0.576. The molecule has 0 atom stereocenters. The van der Waals surface area contributed by atoms with Gasteiger partial charge in [-0.05, 0) is 29.8 Å². The van der Waals surface area contributed by atoms with Crippen molar-refractivity contribution in [3.8, 4) is 6.07 Å². The van der Waals surface area contributed by atoms with Gasteiger partial charge in [0.05, 0.1) is 6.07 Å². The number of anilines is 1. The van der Waals surface area contributed by atoms with Crippen molar-refractivity contribution in [2.75, 3.05) is 5.73 Å².